The lowest BCUT2D eigenvalue weighted by atomic mass is 9.98. The first-order valence-corrected chi connectivity index (χ1v) is 6.74. The zero-order valence-electron chi connectivity index (χ0n) is 10.5. The first kappa shape index (κ1) is 12.3. The van der Waals surface area contributed by atoms with E-state index < -0.39 is 6.10 Å². The number of aliphatic hydroxyl groups excluding tert-OH is 1. The maximum Gasteiger partial charge on any atom is 0.113 e. The molecule has 90 valence electrons. The van der Waals surface area contributed by atoms with Crippen molar-refractivity contribution in [2.45, 2.75) is 32.8 Å². The van der Waals surface area contributed by atoms with Gasteiger partial charge in [-0.05, 0) is 36.1 Å². The molecule has 1 aromatic carbocycles. The highest BCUT2D eigenvalue weighted by Gasteiger charge is 2.13. The minimum absolute atomic E-state index is 0.493. The van der Waals surface area contributed by atoms with Crippen LogP contribution >= 0.6 is 11.3 Å². The summed E-state index contributed by atoms with van der Waals surface area (Å²) in [5.41, 5.74) is 2.26. The molecule has 1 unspecified atom stereocenters. The van der Waals surface area contributed by atoms with Crippen molar-refractivity contribution in [3.05, 3.63) is 57.3 Å². The van der Waals surface area contributed by atoms with E-state index in [1.807, 2.05) is 18.2 Å². The average Bonchev–Trinajstić information content (AvgIpc) is 2.75. The molecule has 1 atom stereocenters. The van der Waals surface area contributed by atoms with Crippen molar-refractivity contribution in [1.82, 2.24) is 0 Å². The fourth-order valence-corrected chi connectivity index (χ4v) is 2.74. The highest BCUT2D eigenvalue weighted by atomic mass is 32.1. The Morgan fingerprint density at radius 1 is 1.06 bits per heavy atom. The lowest BCUT2D eigenvalue weighted by molar-refractivity contribution is 0.224. The van der Waals surface area contributed by atoms with Gasteiger partial charge in [0.2, 0.25) is 0 Å². The molecule has 0 fully saturated rings. The molecule has 1 heterocycles. The monoisotopic (exact) mass is 246 g/mol. The van der Waals surface area contributed by atoms with Crippen LogP contribution in [0.25, 0.3) is 0 Å². The molecule has 0 spiro atoms. The van der Waals surface area contributed by atoms with Crippen LogP contribution in [0.5, 0.6) is 0 Å². The van der Waals surface area contributed by atoms with Crippen LogP contribution in [-0.2, 0) is 0 Å². The quantitative estimate of drug-likeness (QED) is 0.858. The number of hydrogen-bond donors (Lipinski definition) is 1. The van der Waals surface area contributed by atoms with Gasteiger partial charge in [0.1, 0.15) is 6.10 Å². The van der Waals surface area contributed by atoms with Crippen LogP contribution in [0.2, 0.25) is 0 Å². The zero-order valence-corrected chi connectivity index (χ0v) is 11.3. The lowest BCUT2D eigenvalue weighted by Crippen LogP contribution is -1.98. The Kier molecular flexibility index (Phi) is 3.65. The second kappa shape index (κ2) is 5.03. The second-order valence-corrected chi connectivity index (χ2v) is 6.00. The summed E-state index contributed by atoms with van der Waals surface area (Å²) in [6.07, 6.45) is -0.493. The molecule has 0 radical (unpaired) electrons. The Bertz CT molecular complexity index is 499. The first-order chi connectivity index (χ1) is 8.08. The van der Waals surface area contributed by atoms with Crippen LogP contribution in [0.15, 0.2) is 36.4 Å². The standard InChI is InChI=1S/C15H18OS/c1-10(2)12-5-4-6-13(9-12)15(16)14-8-7-11(3)17-14/h4-10,15-16H,1-3H3. The summed E-state index contributed by atoms with van der Waals surface area (Å²) < 4.78 is 0. The molecular formula is C15H18OS. The van der Waals surface area contributed by atoms with Gasteiger partial charge in [0.15, 0.2) is 0 Å². The molecule has 0 bridgehead atoms. The largest absolute Gasteiger partial charge is 0.383 e. The van der Waals surface area contributed by atoms with Gasteiger partial charge in [-0.1, -0.05) is 38.1 Å². The van der Waals surface area contributed by atoms with Crippen molar-refractivity contribution >= 4 is 11.3 Å². The van der Waals surface area contributed by atoms with E-state index in [9.17, 15) is 5.11 Å². The number of aliphatic hydroxyl groups is 1. The average molecular weight is 246 g/mol. The summed E-state index contributed by atoms with van der Waals surface area (Å²) in [6, 6.07) is 12.3. The van der Waals surface area contributed by atoms with E-state index >= 15 is 0 Å². The van der Waals surface area contributed by atoms with Gasteiger partial charge in [-0.15, -0.1) is 11.3 Å². The normalized spacial score (nSPS) is 13.0. The fraction of sp³-hybridized carbons (Fsp3) is 0.333. The molecular weight excluding hydrogens is 228 g/mol. The summed E-state index contributed by atoms with van der Waals surface area (Å²) in [5, 5.41) is 10.3. The fourth-order valence-electron chi connectivity index (χ4n) is 1.85. The van der Waals surface area contributed by atoms with Gasteiger partial charge in [0.05, 0.1) is 0 Å². The van der Waals surface area contributed by atoms with Crippen LogP contribution in [0.3, 0.4) is 0 Å². The van der Waals surface area contributed by atoms with Crippen LogP contribution in [-0.4, -0.2) is 5.11 Å². The van der Waals surface area contributed by atoms with Crippen molar-refractivity contribution in [2.75, 3.05) is 0 Å². The number of aryl methyl sites for hydroxylation is 1. The summed E-state index contributed by atoms with van der Waals surface area (Å²) in [6.45, 7) is 6.40. The minimum atomic E-state index is -0.493. The number of benzene rings is 1. The van der Waals surface area contributed by atoms with Crippen LogP contribution in [0.4, 0.5) is 0 Å². The lowest BCUT2D eigenvalue weighted by Gasteiger charge is -2.12. The SMILES string of the molecule is Cc1ccc(C(O)c2cccc(C(C)C)c2)s1. The maximum absolute atomic E-state index is 10.3. The minimum Gasteiger partial charge on any atom is -0.383 e. The molecule has 1 nitrogen and oxygen atoms in total. The molecule has 17 heavy (non-hydrogen) atoms. The van der Waals surface area contributed by atoms with Crippen molar-refractivity contribution in [1.29, 1.82) is 0 Å². The Hall–Kier alpha value is -1.12. The molecule has 0 aliphatic rings. The van der Waals surface area contributed by atoms with Crippen molar-refractivity contribution in [3.63, 3.8) is 0 Å². The van der Waals surface area contributed by atoms with Crippen molar-refractivity contribution < 1.29 is 5.11 Å². The molecule has 0 aliphatic carbocycles. The van der Waals surface area contributed by atoms with Gasteiger partial charge in [-0.25, -0.2) is 0 Å². The Balaban J connectivity index is 2.30. The Morgan fingerprint density at radius 3 is 2.35 bits per heavy atom. The first-order valence-electron chi connectivity index (χ1n) is 5.92. The third kappa shape index (κ3) is 2.76. The van der Waals surface area contributed by atoms with Crippen LogP contribution in [0, 0.1) is 6.92 Å². The van der Waals surface area contributed by atoms with Gasteiger partial charge in [-0.2, -0.15) is 0 Å². The van der Waals surface area contributed by atoms with E-state index in [0.29, 0.717) is 5.92 Å². The van der Waals surface area contributed by atoms with Gasteiger partial charge in [-0.3, -0.25) is 0 Å². The maximum atomic E-state index is 10.3. The van der Waals surface area contributed by atoms with Crippen LogP contribution in [0.1, 0.15) is 46.8 Å². The van der Waals surface area contributed by atoms with Crippen LogP contribution < -0.4 is 0 Å². The van der Waals surface area contributed by atoms with Crippen molar-refractivity contribution in [3.8, 4) is 0 Å². The molecule has 1 aromatic heterocycles. The molecule has 2 aromatic rings. The molecule has 0 saturated heterocycles. The van der Waals surface area contributed by atoms with E-state index in [1.165, 1.54) is 10.4 Å². The Labute approximate surface area is 107 Å². The van der Waals surface area contributed by atoms with Crippen molar-refractivity contribution in [2.24, 2.45) is 0 Å². The number of rotatable bonds is 3. The predicted octanol–water partition coefficient (Wildman–Crippen LogP) is 4.26. The highest BCUT2D eigenvalue weighted by Crippen LogP contribution is 2.29. The molecule has 0 aliphatic heterocycles. The molecule has 0 amide bonds. The van der Waals surface area contributed by atoms with E-state index in [2.05, 4.69) is 39.0 Å². The third-order valence-electron chi connectivity index (χ3n) is 2.92. The summed E-state index contributed by atoms with van der Waals surface area (Å²) in [7, 11) is 0. The van der Waals surface area contributed by atoms with Gasteiger partial charge in [0.25, 0.3) is 0 Å². The van der Waals surface area contributed by atoms with E-state index in [-0.39, 0.29) is 0 Å². The smallest absolute Gasteiger partial charge is 0.113 e. The Morgan fingerprint density at radius 2 is 1.76 bits per heavy atom. The predicted molar refractivity (Wildman–Crippen MR) is 73.6 cm³/mol. The highest BCUT2D eigenvalue weighted by molar-refractivity contribution is 7.12. The van der Waals surface area contributed by atoms with E-state index in [1.54, 1.807) is 11.3 Å². The topological polar surface area (TPSA) is 20.2 Å². The van der Waals surface area contributed by atoms with Gasteiger partial charge in [0, 0.05) is 9.75 Å². The third-order valence-corrected chi connectivity index (χ3v) is 3.98. The van der Waals surface area contributed by atoms with Gasteiger partial charge < -0.3 is 5.11 Å². The zero-order chi connectivity index (χ0) is 12.4. The van der Waals surface area contributed by atoms with E-state index in [0.717, 1.165) is 10.4 Å². The molecule has 0 saturated carbocycles. The summed E-state index contributed by atoms with van der Waals surface area (Å²) in [5.74, 6) is 0.493. The molecule has 1 N–H and O–H groups in total. The van der Waals surface area contributed by atoms with Gasteiger partial charge >= 0.3 is 0 Å². The molecule has 2 heteroatoms. The summed E-state index contributed by atoms with van der Waals surface area (Å²) >= 11 is 1.65. The van der Waals surface area contributed by atoms with E-state index in [4.69, 9.17) is 0 Å². The summed E-state index contributed by atoms with van der Waals surface area (Å²) in [4.78, 5) is 2.25. The number of hydrogen-bond acceptors (Lipinski definition) is 2. The number of thiophene rings is 1. The molecule has 2 rings (SSSR count). The second-order valence-electron chi connectivity index (χ2n) is 4.68.